The van der Waals surface area contributed by atoms with E-state index < -0.39 is 0 Å². The minimum atomic E-state index is 0.258. The van der Waals surface area contributed by atoms with Crippen molar-refractivity contribution in [3.8, 4) is 0 Å². The van der Waals surface area contributed by atoms with Gasteiger partial charge in [0.2, 0.25) is 0 Å². The average Bonchev–Trinajstić information content (AvgIpc) is 2.72. The lowest BCUT2D eigenvalue weighted by molar-refractivity contribution is 0.0203. The Morgan fingerprint density at radius 3 is 2.59 bits per heavy atom. The number of nitrogens with one attached hydrogen (secondary N) is 2. The van der Waals surface area contributed by atoms with Crippen LogP contribution in [0.15, 0.2) is 29.3 Å². The summed E-state index contributed by atoms with van der Waals surface area (Å²) in [7, 11) is 4.21. The summed E-state index contributed by atoms with van der Waals surface area (Å²) >= 11 is 0. The normalized spacial score (nSPS) is 16.8. The molecule has 1 aromatic carbocycles. The van der Waals surface area contributed by atoms with Crippen LogP contribution in [0.1, 0.15) is 43.4 Å². The molecule has 6 heteroatoms. The maximum atomic E-state index is 5.85. The second-order valence-corrected chi connectivity index (χ2v) is 8.02. The van der Waals surface area contributed by atoms with E-state index in [9.17, 15) is 0 Å². The van der Waals surface area contributed by atoms with E-state index in [1.54, 1.807) is 0 Å². The van der Waals surface area contributed by atoms with Crippen molar-refractivity contribution in [3.63, 3.8) is 0 Å². The summed E-state index contributed by atoms with van der Waals surface area (Å²) in [6.45, 7) is 10.0. The van der Waals surface area contributed by atoms with E-state index in [0.29, 0.717) is 12.5 Å². The molecule has 0 saturated carbocycles. The Bertz CT molecular complexity index is 583. The number of aliphatic imine (C=N–C) groups is 1. The Hall–Kier alpha value is -1.63. The Morgan fingerprint density at radius 2 is 1.93 bits per heavy atom. The molecule has 1 fully saturated rings. The van der Waals surface area contributed by atoms with Crippen LogP contribution in [0.25, 0.3) is 0 Å². The Morgan fingerprint density at radius 1 is 1.21 bits per heavy atom. The molecule has 1 aromatic rings. The van der Waals surface area contributed by atoms with Gasteiger partial charge >= 0.3 is 0 Å². The van der Waals surface area contributed by atoms with E-state index in [-0.39, 0.29) is 6.04 Å². The predicted octanol–water partition coefficient (Wildman–Crippen LogP) is 2.99. The van der Waals surface area contributed by atoms with E-state index in [1.807, 2.05) is 0 Å². The lowest BCUT2D eigenvalue weighted by Crippen LogP contribution is -2.38. The number of guanidine groups is 1. The van der Waals surface area contributed by atoms with Gasteiger partial charge in [-0.15, -0.1) is 0 Å². The first-order valence-corrected chi connectivity index (χ1v) is 11.0. The molecule has 1 unspecified atom stereocenters. The van der Waals surface area contributed by atoms with Gasteiger partial charge in [-0.05, 0) is 58.7 Å². The molecule has 0 bridgehead atoms. The number of rotatable bonds is 11. The highest BCUT2D eigenvalue weighted by molar-refractivity contribution is 5.79. The van der Waals surface area contributed by atoms with Gasteiger partial charge in [-0.1, -0.05) is 29.8 Å². The largest absolute Gasteiger partial charge is 0.381 e. The number of benzene rings is 1. The van der Waals surface area contributed by atoms with E-state index in [0.717, 1.165) is 64.7 Å². The van der Waals surface area contributed by atoms with Crippen LogP contribution in [-0.2, 0) is 9.47 Å². The molecule has 0 aromatic heterocycles. The first-order chi connectivity index (χ1) is 14.1. The third kappa shape index (κ3) is 9.15. The molecule has 0 aliphatic carbocycles. The maximum absolute atomic E-state index is 5.85. The van der Waals surface area contributed by atoms with Crippen LogP contribution < -0.4 is 10.6 Å². The van der Waals surface area contributed by atoms with Crippen LogP contribution in [-0.4, -0.2) is 71.0 Å². The zero-order valence-corrected chi connectivity index (χ0v) is 18.7. The number of ether oxygens (including phenoxy) is 2. The third-order valence-electron chi connectivity index (χ3n) is 5.30. The predicted molar refractivity (Wildman–Crippen MR) is 121 cm³/mol. The molecule has 2 N–H and O–H groups in total. The fraction of sp³-hybridized carbons (Fsp3) is 0.696. The molecule has 0 radical (unpaired) electrons. The molecule has 164 valence electrons. The summed E-state index contributed by atoms with van der Waals surface area (Å²) in [6.07, 6.45) is 3.23. The fourth-order valence-corrected chi connectivity index (χ4v) is 3.42. The topological polar surface area (TPSA) is 58.1 Å². The molecule has 6 nitrogen and oxygen atoms in total. The number of nitrogens with zero attached hydrogens (tertiary/aromatic N) is 2. The van der Waals surface area contributed by atoms with Gasteiger partial charge in [-0.25, -0.2) is 0 Å². The summed E-state index contributed by atoms with van der Waals surface area (Å²) in [5.41, 5.74) is 2.57. The van der Waals surface area contributed by atoms with Gasteiger partial charge in [0.1, 0.15) is 0 Å². The molecular weight excluding hydrogens is 364 g/mol. The van der Waals surface area contributed by atoms with Gasteiger partial charge in [-0.2, -0.15) is 0 Å². The minimum absolute atomic E-state index is 0.258. The third-order valence-corrected chi connectivity index (χ3v) is 5.30. The van der Waals surface area contributed by atoms with Crippen molar-refractivity contribution >= 4 is 5.96 Å². The number of hydrogen-bond acceptors (Lipinski definition) is 4. The van der Waals surface area contributed by atoms with Crippen molar-refractivity contribution in [1.82, 2.24) is 15.5 Å². The molecule has 1 heterocycles. The Balaban J connectivity index is 1.74. The van der Waals surface area contributed by atoms with Crippen molar-refractivity contribution in [3.05, 3.63) is 35.4 Å². The van der Waals surface area contributed by atoms with Crippen LogP contribution in [0.2, 0.25) is 0 Å². The highest BCUT2D eigenvalue weighted by atomic mass is 16.5. The molecule has 1 saturated heterocycles. The maximum Gasteiger partial charge on any atom is 0.191 e. The van der Waals surface area contributed by atoms with Crippen molar-refractivity contribution in [1.29, 1.82) is 0 Å². The molecule has 1 aliphatic heterocycles. The van der Waals surface area contributed by atoms with Crippen molar-refractivity contribution in [2.24, 2.45) is 10.9 Å². The number of likely N-dealkylation sites (N-methyl/N-ethyl adjacent to an activating group) is 1. The first-order valence-electron chi connectivity index (χ1n) is 11.0. The number of hydrogen-bond donors (Lipinski definition) is 2. The summed E-state index contributed by atoms with van der Waals surface area (Å²) in [6, 6.07) is 8.99. The van der Waals surface area contributed by atoms with Gasteiger partial charge in [0.15, 0.2) is 5.96 Å². The SMILES string of the molecule is CCNC(=NCC(c1ccc(C)cc1)N(C)C)NCCCOCC1CCOCC1. The van der Waals surface area contributed by atoms with E-state index in [4.69, 9.17) is 14.5 Å². The average molecular weight is 405 g/mol. The van der Waals surface area contributed by atoms with Gasteiger partial charge in [-0.3, -0.25) is 4.99 Å². The van der Waals surface area contributed by atoms with Crippen LogP contribution in [0.3, 0.4) is 0 Å². The van der Waals surface area contributed by atoms with Crippen molar-refractivity contribution in [2.75, 3.05) is 60.2 Å². The summed E-state index contributed by atoms with van der Waals surface area (Å²) in [5, 5.41) is 6.78. The summed E-state index contributed by atoms with van der Waals surface area (Å²) in [5.74, 6) is 1.54. The smallest absolute Gasteiger partial charge is 0.191 e. The number of aryl methyl sites for hydroxylation is 1. The lowest BCUT2D eigenvalue weighted by atomic mass is 10.0. The van der Waals surface area contributed by atoms with E-state index >= 15 is 0 Å². The minimum Gasteiger partial charge on any atom is -0.381 e. The standard InChI is InChI=1S/C23H40N4O2/c1-5-24-23(25-13-6-14-29-18-20-11-15-28-16-12-20)26-17-22(27(3)4)21-9-7-19(2)8-10-21/h7-10,20,22H,5-6,11-18H2,1-4H3,(H2,24,25,26). The molecule has 0 spiro atoms. The van der Waals surface area contributed by atoms with E-state index in [1.165, 1.54) is 11.1 Å². The highest BCUT2D eigenvalue weighted by Gasteiger charge is 2.14. The fourth-order valence-electron chi connectivity index (χ4n) is 3.42. The van der Waals surface area contributed by atoms with Crippen molar-refractivity contribution in [2.45, 2.75) is 39.2 Å². The first kappa shape index (κ1) is 23.6. The highest BCUT2D eigenvalue weighted by Crippen LogP contribution is 2.19. The molecule has 2 rings (SSSR count). The zero-order chi connectivity index (χ0) is 20.9. The monoisotopic (exact) mass is 404 g/mol. The Labute approximate surface area is 177 Å². The summed E-state index contributed by atoms with van der Waals surface area (Å²) < 4.78 is 11.2. The second kappa shape index (κ2) is 13.6. The van der Waals surface area contributed by atoms with Crippen LogP contribution in [0, 0.1) is 12.8 Å². The summed E-state index contributed by atoms with van der Waals surface area (Å²) in [4.78, 5) is 7.05. The molecule has 1 aliphatic rings. The quantitative estimate of drug-likeness (QED) is 0.337. The van der Waals surface area contributed by atoms with E-state index in [2.05, 4.69) is 67.7 Å². The molecule has 0 amide bonds. The lowest BCUT2D eigenvalue weighted by Gasteiger charge is -2.24. The molecule has 29 heavy (non-hydrogen) atoms. The van der Waals surface area contributed by atoms with Gasteiger partial charge in [0.05, 0.1) is 12.6 Å². The van der Waals surface area contributed by atoms with Gasteiger partial charge in [0.25, 0.3) is 0 Å². The van der Waals surface area contributed by atoms with Crippen LogP contribution in [0.5, 0.6) is 0 Å². The second-order valence-electron chi connectivity index (χ2n) is 8.02. The molecule has 1 atom stereocenters. The van der Waals surface area contributed by atoms with Gasteiger partial charge in [0, 0.05) is 39.5 Å². The van der Waals surface area contributed by atoms with Crippen LogP contribution in [0.4, 0.5) is 0 Å². The Kier molecular flexibility index (Phi) is 11.1. The van der Waals surface area contributed by atoms with Crippen molar-refractivity contribution < 1.29 is 9.47 Å². The molecular formula is C23H40N4O2. The van der Waals surface area contributed by atoms with Gasteiger partial charge < -0.3 is 25.0 Å². The van der Waals surface area contributed by atoms with Crippen LogP contribution >= 0.6 is 0 Å². The zero-order valence-electron chi connectivity index (χ0n) is 18.7.